The molecule has 0 N–H and O–H groups in total. The van der Waals surface area contributed by atoms with E-state index in [-0.39, 0.29) is 5.78 Å². The fourth-order valence-corrected chi connectivity index (χ4v) is 2.16. The minimum Gasteiger partial charge on any atom is -0.292 e. The van der Waals surface area contributed by atoms with Crippen LogP contribution >= 0.6 is 0 Å². The van der Waals surface area contributed by atoms with Gasteiger partial charge < -0.3 is 0 Å². The van der Waals surface area contributed by atoms with Crippen LogP contribution in [0.2, 0.25) is 0 Å². The summed E-state index contributed by atoms with van der Waals surface area (Å²) in [6.45, 7) is 2.07. The van der Waals surface area contributed by atoms with Gasteiger partial charge in [0.1, 0.15) is 16.7 Å². The van der Waals surface area contributed by atoms with Gasteiger partial charge in [0.2, 0.25) is 0 Å². The Bertz CT molecular complexity index is 780. The van der Waals surface area contributed by atoms with Crippen molar-refractivity contribution in [3.8, 4) is 11.3 Å². The number of carbonyl (C=O) groups excluding carboxylic acids is 1. The van der Waals surface area contributed by atoms with Crippen molar-refractivity contribution >= 4 is 16.8 Å². The first kappa shape index (κ1) is 13.4. The van der Waals surface area contributed by atoms with Gasteiger partial charge in [-0.25, -0.2) is 9.61 Å². The summed E-state index contributed by atoms with van der Waals surface area (Å²) in [5, 5.41) is 7.59. The summed E-state index contributed by atoms with van der Waals surface area (Å²) < 4.78 is 4.69. The number of benzene rings is 1. The van der Waals surface area contributed by atoms with E-state index in [1.807, 2.05) is 30.3 Å². The van der Waals surface area contributed by atoms with Crippen LogP contribution in [0.5, 0.6) is 0 Å². The molecule has 0 saturated carbocycles. The molecule has 0 amide bonds. The number of Topliss-reactive ketones (excluding diaryl/α,β-unsaturated/α-hetero) is 1. The molecule has 3 rings (SSSR count). The highest BCUT2D eigenvalue weighted by molar-refractivity contribution is 5.94. The summed E-state index contributed by atoms with van der Waals surface area (Å²) in [6.07, 6.45) is 2.43. The maximum Gasteiger partial charge on any atom is 0.181 e. The smallest absolute Gasteiger partial charge is 0.181 e. The lowest BCUT2D eigenvalue weighted by Gasteiger charge is -2.04. The van der Waals surface area contributed by atoms with Crippen molar-refractivity contribution in [3.63, 3.8) is 0 Å². The summed E-state index contributed by atoms with van der Waals surface area (Å²) in [5.74, 6) is 0.0860. The van der Waals surface area contributed by atoms with Gasteiger partial charge in [0.15, 0.2) is 5.78 Å². The molecule has 0 spiro atoms. The average molecular weight is 281 g/mol. The van der Waals surface area contributed by atoms with E-state index in [4.69, 9.17) is 0 Å². The van der Waals surface area contributed by atoms with Gasteiger partial charge in [-0.1, -0.05) is 25.5 Å². The summed E-state index contributed by atoms with van der Waals surface area (Å²) in [4.78, 5) is 16.5. The largest absolute Gasteiger partial charge is 0.292 e. The average Bonchev–Trinajstić information content (AvgIpc) is 3.00. The second-order valence-corrected chi connectivity index (χ2v) is 4.90. The van der Waals surface area contributed by atoms with Crippen molar-refractivity contribution < 1.29 is 9.42 Å². The number of rotatable bonds is 5. The number of nitrogens with zero attached hydrogens (tertiary/aromatic N) is 3. The lowest BCUT2D eigenvalue weighted by atomic mass is 10.1. The van der Waals surface area contributed by atoms with E-state index < -0.39 is 0 Å². The lowest BCUT2D eigenvalue weighted by Crippen LogP contribution is -2.02. The Morgan fingerprint density at radius 3 is 2.86 bits per heavy atom. The van der Waals surface area contributed by atoms with Crippen LogP contribution in [0.3, 0.4) is 0 Å². The molecule has 0 saturated heterocycles. The van der Waals surface area contributed by atoms with Crippen LogP contribution in [0.25, 0.3) is 22.3 Å². The van der Waals surface area contributed by atoms with E-state index in [1.165, 1.54) is 0 Å². The van der Waals surface area contributed by atoms with E-state index in [0.29, 0.717) is 23.1 Å². The van der Waals surface area contributed by atoms with Crippen LogP contribution < -0.4 is 0 Å². The Morgan fingerprint density at radius 1 is 1.14 bits per heavy atom. The molecule has 0 unspecified atom stereocenters. The van der Waals surface area contributed by atoms with Gasteiger partial charge in [0.05, 0.1) is 5.69 Å². The van der Waals surface area contributed by atoms with Gasteiger partial charge in [-0.2, -0.15) is 0 Å². The fourth-order valence-electron chi connectivity index (χ4n) is 2.16. The molecule has 2 aromatic heterocycles. The van der Waals surface area contributed by atoms with Gasteiger partial charge in [-0.3, -0.25) is 4.79 Å². The summed E-state index contributed by atoms with van der Waals surface area (Å²) in [5.41, 5.74) is 3.54. The number of ketones is 1. The van der Waals surface area contributed by atoms with Crippen molar-refractivity contribution in [3.05, 3.63) is 42.1 Å². The van der Waals surface area contributed by atoms with Crippen LogP contribution in [-0.4, -0.2) is 21.1 Å². The Balaban J connectivity index is 1.93. The van der Waals surface area contributed by atoms with Crippen molar-refractivity contribution in [2.24, 2.45) is 0 Å². The highest BCUT2D eigenvalue weighted by Crippen LogP contribution is 2.21. The summed E-state index contributed by atoms with van der Waals surface area (Å²) >= 11 is 0. The maximum absolute atomic E-state index is 12.1. The summed E-state index contributed by atoms with van der Waals surface area (Å²) in [7, 11) is 0. The quantitative estimate of drug-likeness (QED) is 0.667. The molecule has 106 valence electrons. The zero-order valence-corrected chi connectivity index (χ0v) is 11.7. The SMILES string of the molecule is CCCCC(=O)c1cccc(-c2ccc3nonc3c2)n1. The van der Waals surface area contributed by atoms with Crippen molar-refractivity contribution in [2.45, 2.75) is 26.2 Å². The molecule has 21 heavy (non-hydrogen) atoms. The summed E-state index contributed by atoms with van der Waals surface area (Å²) in [6, 6.07) is 11.1. The van der Waals surface area contributed by atoms with Crippen LogP contribution in [0.1, 0.15) is 36.7 Å². The Labute approximate surface area is 122 Å². The standard InChI is InChI=1S/C16H15N3O2/c1-2-3-7-16(20)14-6-4-5-12(17-14)11-8-9-13-15(10-11)19-21-18-13/h4-6,8-10H,2-3,7H2,1H3. The van der Waals surface area contributed by atoms with Crippen molar-refractivity contribution in [1.82, 2.24) is 15.3 Å². The number of hydrogen-bond donors (Lipinski definition) is 0. The van der Waals surface area contributed by atoms with Crippen LogP contribution in [0.4, 0.5) is 0 Å². The van der Waals surface area contributed by atoms with Gasteiger partial charge >= 0.3 is 0 Å². The molecular formula is C16H15N3O2. The third-order valence-electron chi connectivity index (χ3n) is 3.34. The van der Waals surface area contributed by atoms with E-state index >= 15 is 0 Å². The Kier molecular flexibility index (Phi) is 3.73. The number of hydrogen-bond acceptors (Lipinski definition) is 5. The van der Waals surface area contributed by atoms with Crippen molar-refractivity contribution in [2.75, 3.05) is 0 Å². The molecule has 1 aromatic carbocycles. The second-order valence-electron chi connectivity index (χ2n) is 4.90. The molecule has 0 aliphatic carbocycles. The minimum absolute atomic E-state index is 0.0860. The third kappa shape index (κ3) is 2.81. The zero-order valence-electron chi connectivity index (χ0n) is 11.7. The van der Waals surface area contributed by atoms with Crippen LogP contribution in [-0.2, 0) is 0 Å². The molecule has 0 aliphatic heterocycles. The normalized spacial score (nSPS) is 10.9. The van der Waals surface area contributed by atoms with Gasteiger partial charge in [0.25, 0.3) is 0 Å². The van der Waals surface area contributed by atoms with E-state index in [1.54, 1.807) is 6.07 Å². The highest BCUT2D eigenvalue weighted by atomic mass is 16.6. The number of pyridine rings is 1. The molecule has 0 radical (unpaired) electrons. The van der Waals surface area contributed by atoms with Crippen LogP contribution in [0.15, 0.2) is 41.0 Å². The van der Waals surface area contributed by atoms with Gasteiger partial charge in [-0.05, 0) is 41.0 Å². The Morgan fingerprint density at radius 2 is 2.00 bits per heavy atom. The molecule has 0 atom stereocenters. The first-order chi connectivity index (χ1) is 10.3. The van der Waals surface area contributed by atoms with Gasteiger partial charge in [-0.15, -0.1) is 0 Å². The van der Waals surface area contributed by atoms with E-state index in [9.17, 15) is 4.79 Å². The molecule has 5 nitrogen and oxygen atoms in total. The maximum atomic E-state index is 12.1. The second kappa shape index (κ2) is 5.83. The number of fused-ring (bicyclic) bond motifs is 1. The number of unbranched alkanes of at least 4 members (excludes halogenated alkanes) is 1. The van der Waals surface area contributed by atoms with E-state index in [0.717, 1.165) is 24.1 Å². The highest BCUT2D eigenvalue weighted by Gasteiger charge is 2.09. The minimum atomic E-state index is 0.0860. The van der Waals surface area contributed by atoms with Crippen LogP contribution in [0, 0.1) is 0 Å². The molecule has 2 heterocycles. The predicted molar refractivity (Wildman–Crippen MR) is 78.9 cm³/mol. The lowest BCUT2D eigenvalue weighted by molar-refractivity contribution is 0.0975. The molecule has 0 fully saturated rings. The molecule has 0 aliphatic rings. The molecule has 5 heteroatoms. The van der Waals surface area contributed by atoms with Crippen molar-refractivity contribution in [1.29, 1.82) is 0 Å². The van der Waals surface area contributed by atoms with E-state index in [2.05, 4.69) is 26.9 Å². The van der Waals surface area contributed by atoms with Gasteiger partial charge in [0, 0.05) is 12.0 Å². The fraction of sp³-hybridized carbons (Fsp3) is 0.250. The first-order valence-electron chi connectivity index (χ1n) is 7.01. The first-order valence-corrected chi connectivity index (χ1v) is 7.01. The molecule has 3 aromatic rings. The predicted octanol–water partition coefficient (Wildman–Crippen LogP) is 3.66. The monoisotopic (exact) mass is 281 g/mol. The number of aromatic nitrogens is 3. The number of carbonyl (C=O) groups is 1. The molecular weight excluding hydrogens is 266 g/mol. The Hall–Kier alpha value is -2.56. The third-order valence-corrected chi connectivity index (χ3v) is 3.34. The molecule has 0 bridgehead atoms. The topological polar surface area (TPSA) is 68.9 Å². The zero-order chi connectivity index (χ0) is 14.7.